The number of rotatable bonds is 7. The summed E-state index contributed by atoms with van der Waals surface area (Å²) in [6.45, 7) is 12.8. The van der Waals surface area contributed by atoms with E-state index in [4.69, 9.17) is 4.98 Å². The molecule has 6 heteroatoms. The number of aryl methyl sites for hydroxylation is 7. The van der Waals surface area contributed by atoms with E-state index in [1.807, 2.05) is 43.6 Å². The van der Waals surface area contributed by atoms with Crippen molar-refractivity contribution in [1.29, 1.82) is 0 Å². The van der Waals surface area contributed by atoms with Crippen molar-refractivity contribution in [2.45, 2.75) is 47.5 Å². The molecular formula is C58H59N6+3. The average Bonchev–Trinajstić information content (AvgIpc) is 3.31. The summed E-state index contributed by atoms with van der Waals surface area (Å²) in [5.41, 5.74) is 20.2. The van der Waals surface area contributed by atoms with Crippen molar-refractivity contribution in [3.63, 3.8) is 0 Å². The maximum absolute atomic E-state index is 4.79. The predicted molar refractivity (Wildman–Crippen MR) is 262 cm³/mol. The van der Waals surface area contributed by atoms with E-state index in [2.05, 4.69) is 231 Å². The summed E-state index contributed by atoms with van der Waals surface area (Å²) in [6.07, 6.45) is 10.1. The topological polar surface area (TPSA) is 50.3 Å². The number of nitrogens with zero attached hydrogens (tertiary/aromatic N) is 6. The van der Waals surface area contributed by atoms with Gasteiger partial charge in [0.2, 0.25) is 17.1 Å². The van der Waals surface area contributed by atoms with E-state index in [1.54, 1.807) is 0 Å². The zero-order valence-electron chi connectivity index (χ0n) is 38.7. The van der Waals surface area contributed by atoms with Gasteiger partial charge >= 0.3 is 0 Å². The van der Waals surface area contributed by atoms with Crippen molar-refractivity contribution in [2.24, 2.45) is 21.1 Å². The van der Waals surface area contributed by atoms with Gasteiger partial charge in [0.25, 0.3) is 0 Å². The summed E-state index contributed by atoms with van der Waals surface area (Å²) >= 11 is 0. The van der Waals surface area contributed by atoms with Crippen LogP contribution in [0, 0.1) is 27.7 Å². The first kappa shape index (κ1) is 44.6. The summed E-state index contributed by atoms with van der Waals surface area (Å²) in [5, 5.41) is 0. The van der Waals surface area contributed by atoms with Crippen molar-refractivity contribution in [2.75, 3.05) is 0 Å². The molecule has 0 aliphatic heterocycles. The molecule has 0 aliphatic carbocycles. The fourth-order valence-electron chi connectivity index (χ4n) is 7.90. The standard InChI is InChI=1S/C21H23N2.C19H19N2.C18H17N2/c1-15(2)19-10-7-11-20(22-19)17-12-13-21(23(4)14-17)18-9-6-5-8-16(18)3;1-14-7-4-5-9-17(14)19-12-11-16(13-21(19)3)18-10-6-8-15(2)20-18;1-14-5-3-4-6-17(14)18-8-7-16(13-20(18)2)15-9-11-19-12-10-15/h5-15H,1-4H3;4-13H,1-3H3;3-13H,1-2H3/q3*+1. The van der Waals surface area contributed by atoms with E-state index in [0.717, 1.165) is 33.9 Å². The Morgan fingerprint density at radius 1 is 0.375 bits per heavy atom. The first-order chi connectivity index (χ1) is 31.0. The molecule has 64 heavy (non-hydrogen) atoms. The summed E-state index contributed by atoms with van der Waals surface area (Å²) in [7, 11) is 6.27. The van der Waals surface area contributed by atoms with Crippen LogP contribution in [0.2, 0.25) is 0 Å². The Morgan fingerprint density at radius 2 is 0.781 bits per heavy atom. The molecule has 318 valence electrons. The predicted octanol–water partition coefficient (Wildman–Crippen LogP) is 12.1. The van der Waals surface area contributed by atoms with Crippen LogP contribution in [-0.4, -0.2) is 15.0 Å². The van der Waals surface area contributed by atoms with Crippen molar-refractivity contribution < 1.29 is 13.7 Å². The molecule has 6 aromatic heterocycles. The molecule has 3 aromatic carbocycles. The van der Waals surface area contributed by atoms with Crippen LogP contribution in [0.4, 0.5) is 0 Å². The Balaban J connectivity index is 0.000000144. The Labute approximate surface area is 379 Å². The van der Waals surface area contributed by atoms with Gasteiger partial charge in [0.15, 0.2) is 18.6 Å². The molecule has 0 radical (unpaired) electrons. The first-order valence-corrected chi connectivity index (χ1v) is 22.0. The van der Waals surface area contributed by atoms with Crippen LogP contribution in [0.5, 0.6) is 0 Å². The third kappa shape index (κ3) is 10.8. The lowest BCUT2D eigenvalue weighted by Gasteiger charge is -2.08. The number of hydrogen-bond acceptors (Lipinski definition) is 3. The molecule has 0 spiro atoms. The smallest absolute Gasteiger partial charge is 0.212 e. The molecule has 6 nitrogen and oxygen atoms in total. The lowest BCUT2D eigenvalue weighted by Crippen LogP contribution is -2.30. The summed E-state index contributed by atoms with van der Waals surface area (Å²) in [5.74, 6) is 0.440. The van der Waals surface area contributed by atoms with E-state index >= 15 is 0 Å². The average molecular weight is 840 g/mol. The molecule has 0 amide bonds. The molecule has 0 fully saturated rings. The van der Waals surface area contributed by atoms with Crippen LogP contribution in [0.1, 0.15) is 47.8 Å². The van der Waals surface area contributed by atoms with Gasteiger partial charge in [0.1, 0.15) is 21.1 Å². The van der Waals surface area contributed by atoms with Crippen molar-refractivity contribution >= 4 is 0 Å². The highest BCUT2D eigenvalue weighted by atomic mass is 14.9. The fourth-order valence-corrected chi connectivity index (χ4v) is 7.90. The van der Waals surface area contributed by atoms with E-state index < -0.39 is 0 Å². The first-order valence-electron chi connectivity index (χ1n) is 22.0. The zero-order chi connectivity index (χ0) is 45.2. The Hall–Kier alpha value is -7.44. The van der Waals surface area contributed by atoms with Crippen LogP contribution in [0.15, 0.2) is 189 Å². The van der Waals surface area contributed by atoms with Crippen LogP contribution in [0.3, 0.4) is 0 Å². The Kier molecular flexibility index (Phi) is 14.4. The molecule has 6 heterocycles. The second kappa shape index (κ2) is 20.6. The highest BCUT2D eigenvalue weighted by molar-refractivity contribution is 5.67. The molecule has 0 aliphatic rings. The highest BCUT2D eigenvalue weighted by Crippen LogP contribution is 2.26. The van der Waals surface area contributed by atoms with Crippen molar-refractivity contribution in [1.82, 2.24) is 15.0 Å². The quantitative estimate of drug-likeness (QED) is 0.150. The molecule has 0 bridgehead atoms. The van der Waals surface area contributed by atoms with E-state index in [9.17, 15) is 0 Å². The van der Waals surface area contributed by atoms with Gasteiger partial charge in [-0.1, -0.05) is 80.6 Å². The third-order valence-electron chi connectivity index (χ3n) is 11.5. The highest BCUT2D eigenvalue weighted by Gasteiger charge is 2.17. The molecule has 0 saturated carbocycles. The molecule has 9 rings (SSSR count). The normalized spacial score (nSPS) is 10.7. The minimum Gasteiger partial charge on any atom is -0.265 e. The Bertz CT molecular complexity index is 3010. The van der Waals surface area contributed by atoms with Gasteiger partial charge in [0, 0.05) is 64.2 Å². The van der Waals surface area contributed by atoms with Crippen molar-refractivity contribution in [3.8, 4) is 67.4 Å². The van der Waals surface area contributed by atoms with E-state index in [1.165, 1.54) is 61.6 Å². The summed E-state index contributed by atoms with van der Waals surface area (Å²) < 4.78 is 6.53. The minimum atomic E-state index is 0.440. The summed E-state index contributed by atoms with van der Waals surface area (Å²) in [4.78, 5) is 13.4. The Morgan fingerprint density at radius 3 is 1.20 bits per heavy atom. The van der Waals surface area contributed by atoms with Gasteiger partial charge in [-0.05, 0) is 129 Å². The second-order valence-corrected chi connectivity index (χ2v) is 16.7. The molecule has 0 saturated heterocycles. The third-order valence-corrected chi connectivity index (χ3v) is 11.5. The lowest BCUT2D eigenvalue weighted by atomic mass is 10.0. The molecule has 0 atom stereocenters. The van der Waals surface area contributed by atoms with Gasteiger partial charge in [-0.25, -0.2) is 13.7 Å². The number of hydrogen-bond donors (Lipinski definition) is 0. The van der Waals surface area contributed by atoms with Gasteiger partial charge in [-0.15, -0.1) is 0 Å². The van der Waals surface area contributed by atoms with Gasteiger partial charge in [-0.3, -0.25) is 15.0 Å². The van der Waals surface area contributed by atoms with Crippen LogP contribution >= 0.6 is 0 Å². The van der Waals surface area contributed by atoms with Crippen LogP contribution in [0.25, 0.3) is 67.4 Å². The SMILES string of the molecule is Cc1cccc(-c2ccc(-c3ccccc3C)[n+](C)c2)n1.Cc1ccccc1-c1ccc(-c2cccc(C(C)C)n2)c[n+]1C.Cc1ccccc1-c1ccc(-c2ccncc2)c[n+]1C. The van der Waals surface area contributed by atoms with Gasteiger partial charge in [0.05, 0.1) is 22.5 Å². The monoisotopic (exact) mass is 839 g/mol. The second-order valence-electron chi connectivity index (χ2n) is 16.7. The largest absolute Gasteiger partial charge is 0.265 e. The van der Waals surface area contributed by atoms with Crippen LogP contribution in [-0.2, 0) is 21.1 Å². The minimum absolute atomic E-state index is 0.440. The molecule has 9 aromatic rings. The van der Waals surface area contributed by atoms with Gasteiger partial charge < -0.3 is 0 Å². The zero-order valence-corrected chi connectivity index (χ0v) is 38.7. The maximum atomic E-state index is 4.79. The number of benzene rings is 3. The fraction of sp³-hybridized carbons (Fsp3) is 0.172. The van der Waals surface area contributed by atoms with E-state index in [0.29, 0.717) is 5.92 Å². The maximum Gasteiger partial charge on any atom is 0.212 e. The number of aromatic nitrogens is 6. The summed E-state index contributed by atoms with van der Waals surface area (Å²) in [6, 6.07) is 54.8. The number of pyridine rings is 6. The lowest BCUT2D eigenvalue weighted by molar-refractivity contribution is -0.660. The van der Waals surface area contributed by atoms with Crippen molar-refractivity contribution in [3.05, 3.63) is 217 Å². The molecule has 0 N–H and O–H groups in total. The van der Waals surface area contributed by atoms with Crippen LogP contribution < -0.4 is 13.7 Å². The van der Waals surface area contributed by atoms with E-state index in [-0.39, 0.29) is 0 Å². The molecule has 0 unspecified atom stereocenters. The van der Waals surface area contributed by atoms with Gasteiger partial charge in [-0.2, -0.15) is 0 Å². The molecular weight excluding hydrogens is 781 g/mol.